The Bertz CT molecular complexity index is 1550. The van der Waals surface area contributed by atoms with E-state index in [1.165, 1.54) is 30.3 Å². The van der Waals surface area contributed by atoms with E-state index in [0.717, 1.165) is 12.1 Å². The highest BCUT2D eigenvalue weighted by Crippen LogP contribution is 2.33. The molecule has 0 aliphatic rings. The summed E-state index contributed by atoms with van der Waals surface area (Å²) in [6.07, 6.45) is -5.95. The smallest absolute Gasteiger partial charge is 0.416 e. The zero-order chi connectivity index (χ0) is 33.9. The second-order valence-corrected chi connectivity index (χ2v) is 9.17. The lowest BCUT2D eigenvalue weighted by molar-refractivity contribution is -0.384. The van der Waals surface area contributed by atoms with E-state index < -0.39 is 33.8 Å². The molecule has 0 heterocycles. The van der Waals surface area contributed by atoms with Gasteiger partial charge in [-0.1, -0.05) is 12.1 Å². The van der Waals surface area contributed by atoms with Crippen LogP contribution in [0.1, 0.15) is 36.1 Å². The van der Waals surface area contributed by atoms with Gasteiger partial charge in [0.05, 0.1) is 28.6 Å². The minimum Gasteiger partial charge on any atom is -0.450 e. The van der Waals surface area contributed by atoms with Gasteiger partial charge in [0.2, 0.25) is 0 Å². The molecule has 0 radical (unpaired) electrons. The molecule has 0 fully saturated rings. The molecule has 0 aliphatic carbocycles. The number of amides is 2. The Morgan fingerprint density at radius 2 is 1.29 bits per heavy atom. The minimum atomic E-state index is -4.41. The Hall–Kier alpha value is -5.61. The third-order valence-corrected chi connectivity index (χ3v) is 5.83. The number of aryl methyl sites for hydroxylation is 2. The number of nitrogens with two attached hydrogens (primary N) is 1. The molecule has 17 heteroatoms. The summed E-state index contributed by atoms with van der Waals surface area (Å²) in [6.45, 7) is 6.92. The van der Waals surface area contributed by atoms with Crippen LogP contribution in [0.3, 0.4) is 0 Å². The Labute approximate surface area is 255 Å². The third kappa shape index (κ3) is 10.6. The molecule has 3 aromatic carbocycles. The van der Waals surface area contributed by atoms with Crippen molar-refractivity contribution in [1.82, 2.24) is 0 Å². The summed E-state index contributed by atoms with van der Waals surface area (Å²) < 4.78 is 47.2. The number of carbonyl (C=O) groups excluding carboxylic acids is 2. The Morgan fingerprint density at radius 3 is 1.73 bits per heavy atom. The van der Waals surface area contributed by atoms with Gasteiger partial charge in [-0.15, -0.1) is 0 Å². The first kappa shape index (κ1) is 35.6. The Morgan fingerprint density at radius 1 is 0.822 bits per heavy atom. The zero-order valence-electron chi connectivity index (χ0n) is 24.6. The quantitative estimate of drug-likeness (QED) is 0.106. The SMILES string of the molecule is CCOC(=O)Nc1c(C)cc(N)cc1[N+](=O)[O-].CCOC(=O)Nc1c(C)cc(NCc2ccc(C(F)(F)F)cc2)cc1[N+](=O)[O-]. The Balaban J connectivity index is 0.000000355. The van der Waals surface area contributed by atoms with Gasteiger partial charge in [-0.25, -0.2) is 9.59 Å². The van der Waals surface area contributed by atoms with Crippen LogP contribution >= 0.6 is 0 Å². The average Bonchev–Trinajstić information content (AvgIpc) is 2.94. The van der Waals surface area contributed by atoms with Crippen LogP contribution in [-0.2, 0) is 22.2 Å². The van der Waals surface area contributed by atoms with Crippen molar-refractivity contribution in [3.63, 3.8) is 0 Å². The summed E-state index contributed by atoms with van der Waals surface area (Å²) in [4.78, 5) is 43.7. The molecule has 0 saturated heterocycles. The first-order valence-corrected chi connectivity index (χ1v) is 13.2. The highest BCUT2D eigenvalue weighted by Gasteiger charge is 2.30. The van der Waals surface area contributed by atoms with Crippen molar-refractivity contribution in [3.05, 3.63) is 91.0 Å². The van der Waals surface area contributed by atoms with Gasteiger partial charge in [0.15, 0.2) is 0 Å². The van der Waals surface area contributed by atoms with E-state index in [0.29, 0.717) is 22.4 Å². The summed E-state index contributed by atoms with van der Waals surface area (Å²) in [7, 11) is 0. The fourth-order valence-corrected chi connectivity index (χ4v) is 3.83. The van der Waals surface area contributed by atoms with E-state index in [1.54, 1.807) is 33.8 Å². The number of halogens is 3. The molecule has 0 aliphatic heterocycles. The van der Waals surface area contributed by atoms with E-state index in [2.05, 4.69) is 20.7 Å². The predicted octanol–water partition coefficient (Wildman–Crippen LogP) is 7.16. The van der Waals surface area contributed by atoms with Crippen molar-refractivity contribution in [1.29, 1.82) is 0 Å². The van der Waals surface area contributed by atoms with Crippen molar-refractivity contribution < 1.29 is 42.1 Å². The first-order valence-electron chi connectivity index (χ1n) is 13.2. The molecule has 3 rings (SSSR count). The van der Waals surface area contributed by atoms with Crippen LogP contribution < -0.4 is 21.7 Å². The van der Waals surface area contributed by atoms with Crippen LogP contribution in [0.25, 0.3) is 0 Å². The number of rotatable bonds is 9. The molecular weight excluding hydrogens is 605 g/mol. The van der Waals surface area contributed by atoms with Crippen molar-refractivity contribution in [2.24, 2.45) is 0 Å². The van der Waals surface area contributed by atoms with Gasteiger partial charge in [-0.05, 0) is 68.7 Å². The number of anilines is 4. The van der Waals surface area contributed by atoms with E-state index in [-0.39, 0.29) is 48.2 Å². The van der Waals surface area contributed by atoms with Crippen LogP contribution in [0, 0.1) is 34.1 Å². The number of nitro benzene ring substituents is 2. The number of benzene rings is 3. The van der Waals surface area contributed by atoms with Crippen LogP contribution in [0.5, 0.6) is 0 Å². The molecule has 0 unspecified atom stereocenters. The average molecular weight is 637 g/mol. The highest BCUT2D eigenvalue weighted by atomic mass is 19.4. The number of nitrogens with zero attached hydrogens (tertiary/aromatic N) is 2. The molecule has 0 spiro atoms. The summed E-state index contributed by atoms with van der Waals surface area (Å²) in [5.41, 5.74) is 6.45. The second kappa shape index (κ2) is 15.7. The lowest BCUT2D eigenvalue weighted by Gasteiger charge is -2.13. The second-order valence-electron chi connectivity index (χ2n) is 9.17. The third-order valence-electron chi connectivity index (χ3n) is 5.83. The van der Waals surface area contributed by atoms with Crippen molar-refractivity contribution in [3.8, 4) is 0 Å². The maximum absolute atomic E-state index is 12.6. The molecule has 5 N–H and O–H groups in total. The molecular formula is C28H31F3N6O8. The normalized spacial score (nSPS) is 10.6. The maximum Gasteiger partial charge on any atom is 0.416 e. The van der Waals surface area contributed by atoms with Crippen molar-refractivity contribution in [2.45, 2.75) is 40.4 Å². The fraction of sp³-hybridized carbons (Fsp3) is 0.286. The van der Waals surface area contributed by atoms with Gasteiger partial charge in [0.25, 0.3) is 11.4 Å². The van der Waals surface area contributed by atoms with E-state index >= 15 is 0 Å². The van der Waals surface area contributed by atoms with Gasteiger partial charge in [0, 0.05) is 30.1 Å². The summed E-state index contributed by atoms with van der Waals surface area (Å²) in [5.74, 6) is 0. The molecule has 14 nitrogen and oxygen atoms in total. The largest absolute Gasteiger partial charge is 0.450 e. The van der Waals surface area contributed by atoms with Crippen LogP contribution in [0.15, 0.2) is 48.5 Å². The number of nitrogens with one attached hydrogen (secondary N) is 3. The van der Waals surface area contributed by atoms with Gasteiger partial charge in [-0.3, -0.25) is 30.9 Å². The molecule has 3 aromatic rings. The molecule has 0 bridgehead atoms. The van der Waals surface area contributed by atoms with Gasteiger partial charge in [0.1, 0.15) is 11.4 Å². The lowest BCUT2D eigenvalue weighted by atomic mass is 10.1. The number of nitro groups is 2. The predicted molar refractivity (Wildman–Crippen MR) is 160 cm³/mol. The number of alkyl halides is 3. The highest BCUT2D eigenvalue weighted by molar-refractivity contribution is 5.91. The fourth-order valence-electron chi connectivity index (χ4n) is 3.83. The van der Waals surface area contributed by atoms with Crippen LogP contribution in [0.4, 0.5) is 56.9 Å². The van der Waals surface area contributed by atoms with Crippen LogP contribution in [-0.4, -0.2) is 35.2 Å². The van der Waals surface area contributed by atoms with E-state index in [9.17, 15) is 43.0 Å². The lowest BCUT2D eigenvalue weighted by Crippen LogP contribution is -2.15. The van der Waals surface area contributed by atoms with E-state index in [4.69, 9.17) is 10.5 Å². The number of hydrogen-bond donors (Lipinski definition) is 4. The molecule has 0 saturated carbocycles. The van der Waals surface area contributed by atoms with E-state index in [1.807, 2.05) is 0 Å². The minimum absolute atomic E-state index is 0.0172. The van der Waals surface area contributed by atoms with Crippen molar-refractivity contribution >= 4 is 46.3 Å². The summed E-state index contributed by atoms with van der Waals surface area (Å²) >= 11 is 0. The monoisotopic (exact) mass is 636 g/mol. The number of nitrogen functional groups attached to an aromatic ring is 1. The molecule has 45 heavy (non-hydrogen) atoms. The molecule has 0 atom stereocenters. The maximum atomic E-state index is 12.6. The Kier molecular flexibility index (Phi) is 12.4. The zero-order valence-corrected chi connectivity index (χ0v) is 24.6. The molecule has 0 aromatic heterocycles. The number of ether oxygens (including phenoxy) is 2. The van der Waals surface area contributed by atoms with Crippen molar-refractivity contribution in [2.75, 3.05) is 34.9 Å². The number of carbonyl (C=O) groups is 2. The van der Waals surface area contributed by atoms with Gasteiger partial charge in [-0.2, -0.15) is 13.2 Å². The topological polar surface area (TPSA) is 201 Å². The van der Waals surface area contributed by atoms with Gasteiger partial charge < -0.3 is 20.5 Å². The standard InChI is InChI=1S/C18H18F3N3O4.C10H13N3O4/c1-3-28-17(25)23-16-11(2)8-14(9-15(16)24(26)27)22-10-12-4-6-13(7-5-12)18(19,20)21;1-3-17-10(14)12-9-6(2)4-7(11)5-8(9)13(15)16/h4-9,22H,3,10H2,1-2H3,(H,23,25);4-5H,3,11H2,1-2H3,(H,12,14). The summed E-state index contributed by atoms with van der Waals surface area (Å²) in [6, 6.07) is 10.1. The van der Waals surface area contributed by atoms with Gasteiger partial charge >= 0.3 is 18.4 Å². The molecule has 242 valence electrons. The summed E-state index contributed by atoms with van der Waals surface area (Å²) in [5, 5.41) is 29.8. The van der Waals surface area contributed by atoms with Crippen LogP contribution in [0.2, 0.25) is 0 Å². The molecule has 2 amide bonds. The number of hydrogen-bond acceptors (Lipinski definition) is 10. The first-order chi connectivity index (χ1) is 21.1.